The minimum Gasteiger partial charge on any atom is -0.489 e. The first-order chi connectivity index (χ1) is 12.5. The number of anilines is 2. The average molecular weight is 353 g/mol. The van der Waals surface area contributed by atoms with Gasteiger partial charge in [0.1, 0.15) is 11.9 Å². The molecule has 1 heterocycles. The number of benzene rings is 2. The summed E-state index contributed by atoms with van der Waals surface area (Å²) in [6.07, 6.45) is 1.26. The summed E-state index contributed by atoms with van der Waals surface area (Å²) in [5.41, 5.74) is 7.61. The molecule has 3 N–H and O–H groups in total. The topological polar surface area (TPSA) is 67.6 Å². The van der Waals surface area contributed by atoms with Gasteiger partial charge in [-0.2, -0.15) is 0 Å². The Hall–Kier alpha value is -2.53. The standard InChI is InChI=1S/C21H27N3O2/c1-15(2)13-24-12-11-18(14-24)26-17-9-7-16(8-10-17)21(25)23-20-6-4-3-5-19(20)22/h3-10,15,18H,11-14,22H2,1-2H3,(H,23,25)/t18-/m1/s1. The van der Waals surface area contributed by atoms with Crippen molar-refractivity contribution in [1.29, 1.82) is 0 Å². The largest absolute Gasteiger partial charge is 0.489 e. The van der Waals surface area contributed by atoms with E-state index in [9.17, 15) is 4.79 Å². The van der Waals surface area contributed by atoms with E-state index in [1.54, 1.807) is 24.3 Å². The lowest BCUT2D eigenvalue weighted by Crippen LogP contribution is -2.28. The molecule has 5 nitrogen and oxygen atoms in total. The molecule has 0 saturated carbocycles. The summed E-state index contributed by atoms with van der Waals surface area (Å²) in [7, 11) is 0. The smallest absolute Gasteiger partial charge is 0.255 e. The number of carbonyl (C=O) groups is 1. The zero-order valence-corrected chi connectivity index (χ0v) is 15.4. The van der Waals surface area contributed by atoms with Crippen molar-refractivity contribution < 1.29 is 9.53 Å². The number of hydrogen-bond acceptors (Lipinski definition) is 4. The van der Waals surface area contributed by atoms with Gasteiger partial charge >= 0.3 is 0 Å². The molecule has 2 aromatic rings. The fourth-order valence-corrected chi connectivity index (χ4v) is 3.26. The molecular weight excluding hydrogens is 326 g/mol. The van der Waals surface area contributed by atoms with Gasteiger partial charge in [-0.25, -0.2) is 0 Å². The number of hydrogen-bond donors (Lipinski definition) is 2. The Morgan fingerprint density at radius 2 is 1.96 bits per heavy atom. The maximum Gasteiger partial charge on any atom is 0.255 e. The van der Waals surface area contributed by atoms with Crippen LogP contribution in [0.2, 0.25) is 0 Å². The molecule has 5 heteroatoms. The molecular formula is C21H27N3O2. The number of nitrogens with two attached hydrogens (primary N) is 1. The molecule has 0 radical (unpaired) electrons. The Kier molecular flexibility index (Phi) is 5.78. The third-order valence-corrected chi connectivity index (χ3v) is 4.48. The van der Waals surface area contributed by atoms with Gasteiger partial charge in [-0.3, -0.25) is 9.69 Å². The van der Waals surface area contributed by atoms with Crippen LogP contribution in [0.3, 0.4) is 0 Å². The third kappa shape index (κ3) is 4.76. The van der Waals surface area contributed by atoms with E-state index in [4.69, 9.17) is 10.5 Å². The van der Waals surface area contributed by atoms with Crippen LogP contribution in [0.15, 0.2) is 48.5 Å². The Morgan fingerprint density at radius 3 is 2.65 bits per heavy atom. The highest BCUT2D eigenvalue weighted by molar-refractivity contribution is 6.05. The number of nitrogens with one attached hydrogen (secondary N) is 1. The molecule has 1 fully saturated rings. The first-order valence-electron chi connectivity index (χ1n) is 9.16. The molecule has 0 aromatic heterocycles. The molecule has 2 aromatic carbocycles. The van der Waals surface area contributed by atoms with Gasteiger partial charge < -0.3 is 15.8 Å². The van der Waals surface area contributed by atoms with Crippen LogP contribution < -0.4 is 15.8 Å². The number of likely N-dealkylation sites (tertiary alicyclic amines) is 1. The van der Waals surface area contributed by atoms with Crippen LogP contribution in [0.4, 0.5) is 11.4 Å². The lowest BCUT2D eigenvalue weighted by Gasteiger charge is -2.18. The molecule has 1 saturated heterocycles. The first kappa shape index (κ1) is 18.3. The van der Waals surface area contributed by atoms with E-state index in [1.165, 1.54) is 0 Å². The van der Waals surface area contributed by atoms with E-state index in [1.807, 2.05) is 24.3 Å². The number of amides is 1. The van der Waals surface area contributed by atoms with Gasteiger partial charge in [-0.15, -0.1) is 0 Å². The molecule has 138 valence electrons. The Balaban J connectivity index is 1.55. The van der Waals surface area contributed by atoms with Gasteiger partial charge in [0.05, 0.1) is 11.4 Å². The normalized spacial score (nSPS) is 17.4. The van der Waals surface area contributed by atoms with Gasteiger partial charge in [0.25, 0.3) is 5.91 Å². The molecule has 0 unspecified atom stereocenters. The molecule has 1 aliphatic heterocycles. The monoisotopic (exact) mass is 353 g/mol. The SMILES string of the molecule is CC(C)CN1CC[C@@H](Oc2ccc(C(=O)Nc3ccccc3N)cc2)C1. The van der Waals surface area contributed by atoms with Crippen molar-refractivity contribution in [2.45, 2.75) is 26.4 Å². The Labute approximate surface area is 155 Å². The summed E-state index contributed by atoms with van der Waals surface area (Å²) in [5.74, 6) is 1.29. The summed E-state index contributed by atoms with van der Waals surface area (Å²) in [6.45, 7) is 7.64. The van der Waals surface area contributed by atoms with Crippen LogP contribution in [0.25, 0.3) is 0 Å². The number of para-hydroxylation sites is 2. The molecule has 0 spiro atoms. The number of carbonyl (C=O) groups excluding carboxylic acids is 1. The summed E-state index contributed by atoms with van der Waals surface area (Å²) in [4.78, 5) is 14.8. The molecule has 1 atom stereocenters. The summed E-state index contributed by atoms with van der Waals surface area (Å²) >= 11 is 0. The number of nitrogens with zero attached hydrogens (tertiary/aromatic N) is 1. The van der Waals surface area contributed by atoms with Gasteiger partial charge in [-0.1, -0.05) is 26.0 Å². The zero-order chi connectivity index (χ0) is 18.5. The van der Waals surface area contributed by atoms with E-state index >= 15 is 0 Å². The van der Waals surface area contributed by atoms with Gasteiger partial charge in [-0.05, 0) is 48.7 Å². The van der Waals surface area contributed by atoms with Crippen LogP contribution >= 0.6 is 0 Å². The van der Waals surface area contributed by atoms with Crippen molar-refractivity contribution in [2.24, 2.45) is 5.92 Å². The second-order valence-electron chi connectivity index (χ2n) is 7.25. The van der Waals surface area contributed by atoms with Crippen molar-refractivity contribution in [3.63, 3.8) is 0 Å². The lowest BCUT2D eigenvalue weighted by molar-refractivity contribution is 0.102. The van der Waals surface area contributed by atoms with E-state index in [2.05, 4.69) is 24.1 Å². The van der Waals surface area contributed by atoms with Crippen LogP contribution in [0, 0.1) is 5.92 Å². The van der Waals surface area contributed by atoms with Crippen LogP contribution in [-0.4, -0.2) is 36.5 Å². The number of rotatable bonds is 6. The summed E-state index contributed by atoms with van der Waals surface area (Å²) in [5, 5.41) is 2.83. The molecule has 0 aliphatic carbocycles. The third-order valence-electron chi connectivity index (χ3n) is 4.48. The molecule has 26 heavy (non-hydrogen) atoms. The van der Waals surface area contributed by atoms with Crippen LogP contribution in [-0.2, 0) is 0 Å². The number of nitrogen functional groups attached to an aromatic ring is 1. The van der Waals surface area contributed by atoms with E-state index in [0.29, 0.717) is 22.9 Å². The molecule has 1 amide bonds. The van der Waals surface area contributed by atoms with Crippen molar-refractivity contribution >= 4 is 17.3 Å². The minimum atomic E-state index is -0.182. The van der Waals surface area contributed by atoms with Gasteiger partial charge in [0, 0.05) is 25.2 Å². The quantitative estimate of drug-likeness (QED) is 0.778. The van der Waals surface area contributed by atoms with Gasteiger partial charge in [0.2, 0.25) is 0 Å². The van der Waals surface area contributed by atoms with E-state index in [-0.39, 0.29) is 12.0 Å². The summed E-state index contributed by atoms with van der Waals surface area (Å²) in [6, 6.07) is 14.5. The lowest BCUT2D eigenvalue weighted by atomic mass is 10.2. The zero-order valence-electron chi connectivity index (χ0n) is 15.4. The highest BCUT2D eigenvalue weighted by Crippen LogP contribution is 2.21. The van der Waals surface area contributed by atoms with E-state index in [0.717, 1.165) is 31.8 Å². The maximum atomic E-state index is 12.4. The molecule has 1 aliphatic rings. The van der Waals surface area contributed by atoms with Crippen LogP contribution in [0.5, 0.6) is 5.75 Å². The second-order valence-corrected chi connectivity index (χ2v) is 7.25. The van der Waals surface area contributed by atoms with Gasteiger partial charge in [0.15, 0.2) is 0 Å². The predicted molar refractivity (Wildman–Crippen MR) is 106 cm³/mol. The van der Waals surface area contributed by atoms with Crippen molar-refractivity contribution in [3.8, 4) is 5.75 Å². The van der Waals surface area contributed by atoms with Crippen molar-refractivity contribution in [1.82, 2.24) is 4.90 Å². The van der Waals surface area contributed by atoms with Crippen LogP contribution in [0.1, 0.15) is 30.6 Å². The minimum absolute atomic E-state index is 0.182. The number of ether oxygens (including phenoxy) is 1. The maximum absolute atomic E-state index is 12.4. The van der Waals surface area contributed by atoms with Crippen molar-refractivity contribution in [3.05, 3.63) is 54.1 Å². The highest BCUT2D eigenvalue weighted by atomic mass is 16.5. The second kappa shape index (κ2) is 8.23. The van der Waals surface area contributed by atoms with E-state index < -0.39 is 0 Å². The fraction of sp³-hybridized carbons (Fsp3) is 0.381. The highest BCUT2D eigenvalue weighted by Gasteiger charge is 2.24. The Morgan fingerprint density at radius 1 is 1.23 bits per heavy atom. The summed E-state index contributed by atoms with van der Waals surface area (Å²) < 4.78 is 6.07. The molecule has 3 rings (SSSR count). The fourth-order valence-electron chi connectivity index (χ4n) is 3.26. The Bertz CT molecular complexity index is 743. The molecule has 0 bridgehead atoms. The first-order valence-corrected chi connectivity index (χ1v) is 9.16. The average Bonchev–Trinajstić information content (AvgIpc) is 3.03. The van der Waals surface area contributed by atoms with Crippen molar-refractivity contribution in [2.75, 3.05) is 30.7 Å². The predicted octanol–water partition coefficient (Wildman–Crippen LogP) is 3.63.